The van der Waals surface area contributed by atoms with E-state index in [1.807, 2.05) is 6.92 Å². The molecule has 0 radical (unpaired) electrons. The van der Waals surface area contributed by atoms with Gasteiger partial charge < -0.3 is 15.0 Å². The third-order valence-corrected chi connectivity index (χ3v) is 3.68. The van der Waals surface area contributed by atoms with Crippen LogP contribution in [0.2, 0.25) is 10.0 Å². The van der Waals surface area contributed by atoms with Gasteiger partial charge in [-0.15, -0.1) is 0 Å². The molecular weight excluding hydrogens is 287 g/mol. The number of piperazine rings is 1. The highest BCUT2D eigenvalue weighted by atomic mass is 35.5. The molecule has 104 valence electrons. The highest BCUT2D eigenvalue weighted by Crippen LogP contribution is 2.32. The Morgan fingerprint density at radius 3 is 2.79 bits per heavy atom. The Bertz CT molecular complexity index is 448. The Morgan fingerprint density at radius 1 is 1.47 bits per heavy atom. The van der Waals surface area contributed by atoms with Gasteiger partial charge in [0.1, 0.15) is 0 Å². The summed E-state index contributed by atoms with van der Waals surface area (Å²) in [6.45, 7) is 4.27. The van der Waals surface area contributed by atoms with Crippen molar-refractivity contribution in [1.82, 2.24) is 10.2 Å². The van der Waals surface area contributed by atoms with Crippen LogP contribution in [0.5, 0.6) is 5.75 Å². The highest BCUT2D eigenvalue weighted by molar-refractivity contribution is 6.37. The zero-order valence-electron chi connectivity index (χ0n) is 10.7. The molecule has 1 aromatic carbocycles. The van der Waals surface area contributed by atoms with E-state index in [0.29, 0.717) is 22.3 Å². The molecule has 0 aromatic heterocycles. The summed E-state index contributed by atoms with van der Waals surface area (Å²) in [4.78, 5) is 13.9. The number of para-hydroxylation sites is 1. The second kappa shape index (κ2) is 6.46. The summed E-state index contributed by atoms with van der Waals surface area (Å²) in [5, 5.41) is 4.06. The van der Waals surface area contributed by atoms with Crippen LogP contribution in [0.1, 0.15) is 6.92 Å². The molecule has 1 aromatic rings. The monoisotopic (exact) mass is 302 g/mol. The van der Waals surface area contributed by atoms with Crippen molar-refractivity contribution in [2.45, 2.75) is 13.0 Å². The number of hydrogen-bond donors (Lipinski definition) is 1. The molecule has 2 rings (SSSR count). The zero-order valence-corrected chi connectivity index (χ0v) is 12.2. The van der Waals surface area contributed by atoms with Crippen molar-refractivity contribution in [3.8, 4) is 5.75 Å². The number of hydrogen-bond acceptors (Lipinski definition) is 3. The van der Waals surface area contributed by atoms with Gasteiger partial charge in [-0.2, -0.15) is 0 Å². The van der Waals surface area contributed by atoms with Crippen LogP contribution in [0.25, 0.3) is 0 Å². The Balaban J connectivity index is 1.96. The fourth-order valence-corrected chi connectivity index (χ4v) is 2.56. The van der Waals surface area contributed by atoms with Crippen LogP contribution in [-0.2, 0) is 4.79 Å². The Hall–Kier alpha value is -0.970. The van der Waals surface area contributed by atoms with E-state index in [0.717, 1.165) is 13.1 Å². The lowest BCUT2D eigenvalue weighted by Gasteiger charge is -2.33. The molecule has 4 nitrogen and oxygen atoms in total. The van der Waals surface area contributed by atoms with Gasteiger partial charge in [-0.1, -0.05) is 29.3 Å². The maximum atomic E-state index is 12.1. The van der Waals surface area contributed by atoms with Crippen LogP contribution in [0.4, 0.5) is 0 Å². The maximum Gasteiger partial charge on any atom is 0.260 e. The molecular formula is C13H16Cl2N2O2. The molecule has 6 heteroatoms. The van der Waals surface area contributed by atoms with Gasteiger partial charge in [0.15, 0.2) is 12.4 Å². The van der Waals surface area contributed by atoms with Crippen molar-refractivity contribution in [3.63, 3.8) is 0 Å². The first-order valence-electron chi connectivity index (χ1n) is 6.16. The predicted octanol–water partition coefficient (Wildman–Crippen LogP) is 2.19. The largest absolute Gasteiger partial charge is 0.481 e. The minimum absolute atomic E-state index is 0.0478. The summed E-state index contributed by atoms with van der Waals surface area (Å²) in [5.41, 5.74) is 0. The van der Waals surface area contributed by atoms with E-state index >= 15 is 0 Å². The lowest BCUT2D eigenvalue weighted by Crippen LogP contribution is -2.53. The molecule has 0 aliphatic carbocycles. The smallest absolute Gasteiger partial charge is 0.260 e. The van der Waals surface area contributed by atoms with Gasteiger partial charge in [-0.25, -0.2) is 0 Å². The van der Waals surface area contributed by atoms with Gasteiger partial charge in [0.25, 0.3) is 5.91 Å². The van der Waals surface area contributed by atoms with Gasteiger partial charge in [0.2, 0.25) is 0 Å². The maximum absolute atomic E-state index is 12.1. The highest BCUT2D eigenvalue weighted by Gasteiger charge is 2.23. The van der Waals surface area contributed by atoms with E-state index in [9.17, 15) is 4.79 Å². The first kappa shape index (κ1) is 14.4. The van der Waals surface area contributed by atoms with Gasteiger partial charge in [0, 0.05) is 25.7 Å². The number of nitrogens with one attached hydrogen (secondary N) is 1. The number of rotatable bonds is 3. The molecule has 0 bridgehead atoms. The Labute approximate surface area is 122 Å². The van der Waals surface area contributed by atoms with Crippen LogP contribution in [0.15, 0.2) is 18.2 Å². The number of carbonyl (C=O) groups is 1. The molecule has 1 amide bonds. The Kier molecular flexibility index (Phi) is 4.91. The van der Waals surface area contributed by atoms with Gasteiger partial charge >= 0.3 is 0 Å². The first-order valence-corrected chi connectivity index (χ1v) is 6.92. The third-order valence-electron chi connectivity index (χ3n) is 3.08. The molecule has 0 spiro atoms. The van der Waals surface area contributed by atoms with E-state index in [-0.39, 0.29) is 18.6 Å². The van der Waals surface area contributed by atoms with Gasteiger partial charge in [-0.3, -0.25) is 4.79 Å². The lowest BCUT2D eigenvalue weighted by molar-refractivity contribution is -0.136. The zero-order chi connectivity index (χ0) is 13.8. The number of amides is 1. The van der Waals surface area contributed by atoms with Crippen molar-refractivity contribution in [2.24, 2.45) is 0 Å². The fourth-order valence-electron chi connectivity index (χ4n) is 2.05. The molecule has 1 aliphatic heterocycles. The van der Waals surface area contributed by atoms with E-state index in [1.165, 1.54) is 0 Å². The summed E-state index contributed by atoms with van der Waals surface area (Å²) < 4.78 is 5.46. The Morgan fingerprint density at radius 2 is 2.16 bits per heavy atom. The summed E-state index contributed by atoms with van der Waals surface area (Å²) in [6, 6.07) is 5.27. The fraction of sp³-hybridized carbons (Fsp3) is 0.462. The molecule has 1 fully saturated rings. The summed E-state index contributed by atoms with van der Waals surface area (Å²) >= 11 is 12.0. The molecule has 1 heterocycles. The van der Waals surface area contributed by atoms with Crippen molar-refractivity contribution < 1.29 is 9.53 Å². The molecule has 1 aliphatic rings. The van der Waals surface area contributed by atoms with Crippen molar-refractivity contribution in [2.75, 3.05) is 26.2 Å². The van der Waals surface area contributed by atoms with Crippen LogP contribution >= 0.6 is 23.2 Å². The van der Waals surface area contributed by atoms with Crippen LogP contribution in [0.3, 0.4) is 0 Å². The quantitative estimate of drug-likeness (QED) is 0.930. The standard InChI is InChI=1S/C13H16Cl2N2O2/c1-9-7-16-5-6-17(9)12(18)8-19-13-10(14)3-2-4-11(13)15/h2-4,9,16H,5-8H2,1H3/t9-/m1/s1. The number of nitrogens with zero attached hydrogens (tertiary/aromatic N) is 1. The molecule has 19 heavy (non-hydrogen) atoms. The van der Waals surface area contributed by atoms with Crippen LogP contribution in [-0.4, -0.2) is 43.1 Å². The average molecular weight is 303 g/mol. The van der Waals surface area contributed by atoms with Gasteiger partial charge in [-0.05, 0) is 19.1 Å². The lowest BCUT2D eigenvalue weighted by atomic mass is 10.2. The average Bonchev–Trinajstić information content (AvgIpc) is 2.38. The van der Waals surface area contributed by atoms with E-state index in [1.54, 1.807) is 23.1 Å². The van der Waals surface area contributed by atoms with Crippen molar-refractivity contribution in [1.29, 1.82) is 0 Å². The summed E-state index contributed by atoms with van der Waals surface area (Å²) in [6.07, 6.45) is 0. The first-order chi connectivity index (χ1) is 9.09. The third kappa shape index (κ3) is 3.53. The predicted molar refractivity (Wildman–Crippen MR) is 76.0 cm³/mol. The van der Waals surface area contributed by atoms with Crippen LogP contribution < -0.4 is 10.1 Å². The topological polar surface area (TPSA) is 41.6 Å². The minimum atomic E-state index is -0.0509. The summed E-state index contributed by atoms with van der Waals surface area (Å²) in [5.74, 6) is 0.312. The molecule has 1 N–H and O–H groups in total. The number of ether oxygens (including phenoxy) is 1. The van der Waals surface area contributed by atoms with Crippen LogP contribution in [0, 0.1) is 0 Å². The molecule has 1 saturated heterocycles. The second-order valence-corrected chi connectivity index (χ2v) is 5.29. The normalized spacial score (nSPS) is 19.3. The molecule has 1 atom stereocenters. The van der Waals surface area contributed by atoms with Crippen molar-refractivity contribution in [3.05, 3.63) is 28.2 Å². The SMILES string of the molecule is C[C@@H]1CNCCN1C(=O)COc1c(Cl)cccc1Cl. The van der Waals surface area contributed by atoms with E-state index < -0.39 is 0 Å². The summed E-state index contributed by atoms with van der Waals surface area (Å²) in [7, 11) is 0. The van der Waals surface area contributed by atoms with Crippen molar-refractivity contribution >= 4 is 29.1 Å². The number of benzene rings is 1. The minimum Gasteiger partial charge on any atom is -0.481 e. The molecule has 0 saturated carbocycles. The number of halogens is 2. The van der Waals surface area contributed by atoms with Gasteiger partial charge in [0.05, 0.1) is 10.0 Å². The van der Waals surface area contributed by atoms with E-state index in [2.05, 4.69) is 5.32 Å². The second-order valence-electron chi connectivity index (χ2n) is 4.48. The number of carbonyl (C=O) groups excluding carboxylic acids is 1. The van der Waals surface area contributed by atoms with E-state index in [4.69, 9.17) is 27.9 Å². The molecule has 0 unspecified atom stereocenters.